The van der Waals surface area contributed by atoms with Gasteiger partial charge in [-0.1, -0.05) is 12.5 Å². The third-order valence-corrected chi connectivity index (χ3v) is 3.12. The van der Waals surface area contributed by atoms with Gasteiger partial charge in [-0.3, -0.25) is 0 Å². The van der Waals surface area contributed by atoms with Gasteiger partial charge in [-0.05, 0) is 32.6 Å². The van der Waals surface area contributed by atoms with Crippen LogP contribution in [0.25, 0.3) is 0 Å². The van der Waals surface area contributed by atoms with E-state index in [1.807, 2.05) is 0 Å². The van der Waals surface area contributed by atoms with E-state index in [4.69, 9.17) is 10.5 Å². The minimum atomic E-state index is 0.291. The van der Waals surface area contributed by atoms with Crippen LogP contribution in [-0.4, -0.2) is 18.8 Å². The Labute approximate surface area is 87.5 Å². The Kier molecular flexibility index (Phi) is 4.63. The minimum absolute atomic E-state index is 0.291. The first kappa shape index (κ1) is 11.7. The summed E-state index contributed by atoms with van der Waals surface area (Å²) in [6, 6.07) is 0.291. The van der Waals surface area contributed by atoms with Gasteiger partial charge < -0.3 is 10.5 Å². The van der Waals surface area contributed by atoms with E-state index in [9.17, 15) is 0 Å². The molecule has 2 N–H and O–H groups in total. The molecule has 1 rings (SSSR count). The van der Waals surface area contributed by atoms with Crippen LogP contribution in [-0.2, 0) is 4.74 Å². The molecule has 0 aliphatic carbocycles. The van der Waals surface area contributed by atoms with E-state index < -0.39 is 0 Å². The second-order valence-electron chi connectivity index (χ2n) is 4.43. The molecule has 0 amide bonds. The van der Waals surface area contributed by atoms with E-state index in [0.717, 1.165) is 32.3 Å². The molecule has 0 aromatic heterocycles. The maximum absolute atomic E-state index is 6.17. The summed E-state index contributed by atoms with van der Waals surface area (Å²) in [4.78, 5) is 0. The van der Waals surface area contributed by atoms with Crippen molar-refractivity contribution in [3.63, 3.8) is 0 Å². The minimum Gasteiger partial charge on any atom is -0.378 e. The van der Waals surface area contributed by atoms with Crippen molar-refractivity contribution in [1.82, 2.24) is 0 Å². The highest BCUT2D eigenvalue weighted by molar-refractivity contribution is 4.91. The molecule has 2 nitrogen and oxygen atoms in total. The maximum Gasteiger partial charge on any atom is 0.0616 e. The summed E-state index contributed by atoms with van der Waals surface area (Å²) in [5.74, 6) is 0.569. The molecule has 82 valence electrons. The monoisotopic (exact) mass is 197 g/mol. The SMILES string of the molecule is C=C(C)CCC(N)C1CCOC1CC. The Bertz CT molecular complexity index is 191. The molecule has 0 aromatic rings. The number of rotatable bonds is 5. The summed E-state index contributed by atoms with van der Waals surface area (Å²) in [6.45, 7) is 9.04. The molecule has 0 spiro atoms. The summed E-state index contributed by atoms with van der Waals surface area (Å²) < 4.78 is 5.64. The summed E-state index contributed by atoms with van der Waals surface area (Å²) >= 11 is 0. The Balaban J connectivity index is 2.35. The van der Waals surface area contributed by atoms with Crippen LogP contribution in [0.2, 0.25) is 0 Å². The Hall–Kier alpha value is -0.340. The Morgan fingerprint density at radius 3 is 2.93 bits per heavy atom. The molecule has 1 aliphatic heterocycles. The molecule has 3 unspecified atom stereocenters. The van der Waals surface area contributed by atoms with Crippen molar-refractivity contribution in [3.05, 3.63) is 12.2 Å². The van der Waals surface area contributed by atoms with Crippen molar-refractivity contribution in [3.8, 4) is 0 Å². The molecule has 0 saturated carbocycles. The molecule has 1 fully saturated rings. The second-order valence-corrected chi connectivity index (χ2v) is 4.43. The van der Waals surface area contributed by atoms with Gasteiger partial charge in [0.2, 0.25) is 0 Å². The van der Waals surface area contributed by atoms with Gasteiger partial charge in [-0.25, -0.2) is 0 Å². The summed E-state index contributed by atoms with van der Waals surface area (Å²) in [5.41, 5.74) is 7.40. The van der Waals surface area contributed by atoms with Gasteiger partial charge >= 0.3 is 0 Å². The lowest BCUT2D eigenvalue weighted by atomic mass is 9.88. The Morgan fingerprint density at radius 1 is 1.64 bits per heavy atom. The fraction of sp³-hybridized carbons (Fsp3) is 0.833. The first-order chi connectivity index (χ1) is 6.65. The topological polar surface area (TPSA) is 35.2 Å². The van der Waals surface area contributed by atoms with Gasteiger partial charge in [0.1, 0.15) is 0 Å². The van der Waals surface area contributed by atoms with Crippen LogP contribution in [0.3, 0.4) is 0 Å². The highest BCUT2D eigenvalue weighted by Crippen LogP contribution is 2.27. The van der Waals surface area contributed by atoms with Gasteiger partial charge in [0.15, 0.2) is 0 Å². The highest BCUT2D eigenvalue weighted by atomic mass is 16.5. The van der Waals surface area contributed by atoms with E-state index in [-0.39, 0.29) is 0 Å². The van der Waals surface area contributed by atoms with Crippen LogP contribution in [0.15, 0.2) is 12.2 Å². The van der Waals surface area contributed by atoms with E-state index in [2.05, 4.69) is 20.4 Å². The van der Waals surface area contributed by atoms with Gasteiger partial charge in [-0.2, -0.15) is 0 Å². The summed E-state index contributed by atoms with van der Waals surface area (Å²) in [6.07, 6.45) is 4.73. The predicted molar refractivity (Wildman–Crippen MR) is 60.2 cm³/mol. The van der Waals surface area contributed by atoms with Gasteiger partial charge in [-0.15, -0.1) is 6.58 Å². The van der Waals surface area contributed by atoms with Crippen molar-refractivity contribution in [2.24, 2.45) is 11.7 Å². The van der Waals surface area contributed by atoms with Crippen molar-refractivity contribution in [2.75, 3.05) is 6.61 Å². The van der Waals surface area contributed by atoms with E-state index in [1.54, 1.807) is 0 Å². The largest absolute Gasteiger partial charge is 0.378 e. The van der Waals surface area contributed by atoms with Crippen LogP contribution in [0.1, 0.15) is 39.5 Å². The number of nitrogens with two attached hydrogens (primary N) is 1. The summed E-state index contributed by atoms with van der Waals surface area (Å²) in [7, 11) is 0. The second kappa shape index (κ2) is 5.52. The smallest absolute Gasteiger partial charge is 0.0616 e. The van der Waals surface area contributed by atoms with E-state index in [0.29, 0.717) is 18.1 Å². The molecule has 0 radical (unpaired) electrons. The predicted octanol–water partition coefficient (Wildman–Crippen LogP) is 2.49. The normalized spacial score (nSPS) is 29.1. The molecule has 0 bridgehead atoms. The maximum atomic E-state index is 6.17. The van der Waals surface area contributed by atoms with Crippen LogP contribution < -0.4 is 5.73 Å². The van der Waals surface area contributed by atoms with Gasteiger partial charge in [0.05, 0.1) is 6.10 Å². The number of hydrogen-bond acceptors (Lipinski definition) is 2. The number of allylic oxidation sites excluding steroid dienone is 1. The molecule has 3 atom stereocenters. The van der Waals surface area contributed by atoms with E-state index >= 15 is 0 Å². The Morgan fingerprint density at radius 2 is 2.36 bits per heavy atom. The highest BCUT2D eigenvalue weighted by Gasteiger charge is 2.31. The van der Waals surface area contributed by atoms with E-state index in [1.165, 1.54) is 5.57 Å². The van der Waals surface area contributed by atoms with Crippen LogP contribution >= 0.6 is 0 Å². The van der Waals surface area contributed by atoms with Gasteiger partial charge in [0.25, 0.3) is 0 Å². The average molecular weight is 197 g/mol. The molecular weight excluding hydrogens is 174 g/mol. The number of ether oxygens (including phenoxy) is 1. The number of hydrogen-bond donors (Lipinski definition) is 1. The van der Waals surface area contributed by atoms with Crippen molar-refractivity contribution in [2.45, 2.75) is 51.7 Å². The molecule has 14 heavy (non-hydrogen) atoms. The van der Waals surface area contributed by atoms with Crippen LogP contribution in [0.5, 0.6) is 0 Å². The van der Waals surface area contributed by atoms with Crippen LogP contribution in [0.4, 0.5) is 0 Å². The zero-order valence-electron chi connectivity index (χ0n) is 9.46. The van der Waals surface area contributed by atoms with Crippen molar-refractivity contribution in [1.29, 1.82) is 0 Å². The first-order valence-corrected chi connectivity index (χ1v) is 5.66. The fourth-order valence-corrected chi connectivity index (χ4v) is 2.20. The van der Waals surface area contributed by atoms with Crippen molar-refractivity contribution >= 4 is 0 Å². The molecule has 1 saturated heterocycles. The first-order valence-electron chi connectivity index (χ1n) is 5.66. The molecule has 2 heteroatoms. The van der Waals surface area contributed by atoms with Gasteiger partial charge in [0, 0.05) is 18.6 Å². The lowest BCUT2D eigenvalue weighted by Gasteiger charge is -2.23. The molecule has 1 heterocycles. The van der Waals surface area contributed by atoms with Crippen molar-refractivity contribution < 1.29 is 4.74 Å². The summed E-state index contributed by atoms with van der Waals surface area (Å²) in [5, 5.41) is 0. The average Bonchev–Trinajstić information content (AvgIpc) is 2.61. The molecule has 0 aromatic carbocycles. The zero-order valence-corrected chi connectivity index (χ0v) is 9.46. The fourth-order valence-electron chi connectivity index (χ4n) is 2.20. The lowest BCUT2D eigenvalue weighted by molar-refractivity contribution is 0.0806. The molecular formula is C12H23NO. The lowest BCUT2D eigenvalue weighted by Crippen LogP contribution is -2.35. The third-order valence-electron chi connectivity index (χ3n) is 3.12. The zero-order chi connectivity index (χ0) is 10.6. The third kappa shape index (κ3) is 3.10. The van der Waals surface area contributed by atoms with Crippen LogP contribution in [0, 0.1) is 5.92 Å². The molecule has 1 aliphatic rings. The quantitative estimate of drug-likeness (QED) is 0.687. The standard InChI is InChI=1S/C12H23NO/c1-4-12-10(7-8-14-12)11(13)6-5-9(2)3/h10-12H,2,4-8,13H2,1,3H3.